The molecule has 1 aliphatic carbocycles. The maximum atomic E-state index is 13.3. The van der Waals surface area contributed by atoms with Crippen LogP contribution in [0.2, 0.25) is 0 Å². The summed E-state index contributed by atoms with van der Waals surface area (Å²) in [5.41, 5.74) is 5.34. The number of benzene rings is 1. The molecule has 0 spiro atoms. The molecule has 1 aromatic carbocycles. The van der Waals surface area contributed by atoms with Gasteiger partial charge in [-0.25, -0.2) is 0 Å². The largest absolute Gasteiger partial charge is 0.490 e. The van der Waals surface area contributed by atoms with Crippen molar-refractivity contribution < 1.29 is 23.0 Å². The number of ether oxygens (including phenoxy) is 1. The lowest BCUT2D eigenvalue weighted by atomic mass is 9.99. The SMILES string of the molecule is NC(CN1CCCC1)C(O)c1ccc(OC2CC2)c(C(F)(F)F)c1. The van der Waals surface area contributed by atoms with Crippen LogP contribution in [0.5, 0.6) is 5.75 Å². The van der Waals surface area contributed by atoms with Crippen LogP contribution in [0.1, 0.15) is 42.9 Å². The lowest BCUT2D eigenvalue weighted by molar-refractivity contribution is -0.139. The van der Waals surface area contributed by atoms with Gasteiger partial charge >= 0.3 is 6.18 Å². The summed E-state index contributed by atoms with van der Waals surface area (Å²) >= 11 is 0. The molecule has 134 valence electrons. The van der Waals surface area contributed by atoms with Gasteiger partial charge in [-0.05, 0) is 56.5 Å². The molecular weight excluding hydrogens is 321 g/mol. The summed E-state index contributed by atoms with van der Waals surface area (Å²) in [6.07, 6.45) is -2.05. The quantitative estimate of drug-likeness (QED) is 0.833. The number of nitrogens with zero attached hydrogens (tertiary/aromatic N) is 1. The number of halogens is 3. The Morgan fingerprint density at radius 3 is 2.50 bits per heavy atom. The summed E-state index contributed by atoms with van der Waals surface area (Å²) in [7, 11) is 0. The smallest absolute Gasteiger partial charge is 0.419 e. The lowest BCUT2D eigenvalue weighted by Gasteiger charge is -2.25. The second-order valence-electron chi connectivity index (χ2n) is 6.69. The van der Waals surface area contributed by atoms with Crippen molar-refractivity contribution in [1.29, 1.82) is 0 Å². The van der Waals surface area contributed by atoms with Gasteiger partial charge in [-0.1, -0.05) is 6.07 Å². The minimum atomic E-state index is -4.53. The summed E-state index contributed by atoms with van der Waals surface area (Å²) in [4.78, 5) is 2.13. The monoisotopic (exact) mass is 344 g/mol. The van der Waals surface area contributed by atoms with Crippen LogP contribution in [0.15, 0.2) is 18.2 Å². The van der Waals surface area contributed by atoms with E-state index < -0.39 is 23.9 Å². The number of nitrogens with two attached hydrogens (primary N) is 1. The summed E-state index contributed by atoms with van der Waals surface area (Å²) in [6, 6.07) is 3.11. The third-order valence-corrected chi connectivity index (χ3v) is 4.54. The zero-order chi connectivity index (χ0) is 17.3. The molecule has 3 rings (SSSR count). The van der Waals surface area contributed by atoms with E-state index in [1.54, 1.807) is 0 Å². The summed E-state index contributed by atoms with van der Waals surface area (Å²) in [6.45, 7) is 2.31. The lowest BCUT2D eigenvalue weighted by Crippen LogP contribution is -2.40. The van der Waals surface area contributed by atoms with E-state index in [1.165, 1.54) is 12.1 Å². The second kappa shape index (κ2) is 6.90. The van der Waals surface area contributed by atoms with Crippen molar-refractivity contribution in [2.45, 2.75) is 50.1 Å². The molecule has 2 atom stereocenters. The first-order valence-electron chi connectivity index (χ1n) is 8.38. The first kappa shape index (κ1) is 17.5. The molecule has 0 bridgehead atoms. The van der Waals surface area contributed by atoms with Crippen molar-refractivity contribution in [3.8, 4) is 5.75 Å². The second-order valence-corrected chi connectivity index (χ2v) is 6.69. The highest BCUT2D eigenvalue weighted by atomic mass is 19.4. The molecule has 2 aliphatic rings. The van der Waals surface area contributed by atoms with E-state index in [4.69, 9.17) is 10.5 Å². The van der Waals surface area contributed by atoms with E-state index in [2.05, 4.69) is 4.90 Å². The molecule has 1 saturated heterocycles. The molecule has 2 unspecified atom stereocenters. The Hall–Kier alpha value is -1.31. The molecule has 0 aromatic heterocycles. The highest BCUT2D eigenvalue weighted by molar-refractivity contribution is 5.40. The Morgan fingerprint density at radius 1 is 1.25 bits per heavy atom. The Kier molecular flexibility index (Phi) is 5.03. The van der Waals surface area contributed by atoms with E-state index >= 15 is 0 Å². The average molecular weight is 344 g/mol. The van der Waals surface area contributed by atoms with Gasteiger partial charge in [-0.2, -0.15) is 13.2 Å². The average Bonchev–Trinajstić information content (AvgIpc) is 3.19. The number of hydrogen-bond acceptors (Lipinski definition) is 4. The summed E-state index contributed by atoms with van der Waals surface area (Å²) in [5, 5.41) is 10.4. The molecule has 1 heterocycles. The highest BCUT2D eigenvalue weighted by Crippen LogP contribution is 2.40. The van der Waals surface area contributed by atoms with Crippen LogP contribution in [0.4, 0.5) is 13.2 Å². The number of aliphatic hydroxyl groups excluding tert-OH is 1. The van der Waals surface area contributed by atoms with E-state index in [9.17, 15) is 18.3 Å². The summed E-state index contributed by atoms with van der Waals surface area (Å²) in [5.74, 6) is -0.172. The van der Waals surface area contributed by atoms with Gasteiger partial charge in [0, 0.05) is 12.6 Å². The standard InChI is InChI=1S/C17H23F3N2O2/c18-17(19,20)13-9-11(3-6-15(13)24-12-4-5-12)16(23)14(21)10-22-7-1-2-8-22/h3,6,9,12,14,16,23H,1-2,4-5,7-8,10,21H2. The fourth-order valence-corrected chi connectivity index (χ4v) is 3.03. The van der Waals surface area contributed by atoms with Crippen molar-refractivity contribution in [2.24, 2.45) is 5.73 Å². The van der Waals surface area contributed by atoms with Crippen LogP contribution < -0.4 is 10.5 Å². The molecule has 1 saturated carbocycles. The molecule has 3 N–H and O–H groups in total. The molecule has 1 aromatic rings. The van der Waals surface area contributed by atoms with Gasteiger partial charge in [-0.15, -0.1) is 0 Å². The van der Waals surface area contributed by atoms with Crippen molar-refractivity contribution in [3.05, 3.63) is 29.3 Å². The molecule has 4 nitrogen and oxygen atoms in total. The van der Waals surface area contributed by atoms with Crippen molar-refractivity contribution in [3.63, 3.8) is 0 Å². The predicted octanol–water partition coefficient (Wildman–Crippen LogP) is 2.70. The number of hydrogen-bond donors (Lipinski definition) is 2. The van der Waals surface area contributed by atoms with Crippen LogP contribution in [-0.4, -0.2) is 41.8 Å². The van der Waals surface area contributed by atoms with Crippen LogP contribution >= 0.6 is 0 Å². The number of rotatable bonds is 6. The van der Waals surface area contributed by atoms with Gasteiger partial charge in [0.05, 0.1) is 17.8 Å². The Morgan fingerprint density at radius 2 is 1.92 bits per heavy atom. The zero-order valence-electron chi connectivity index (χ0n) is 13.4. The maximum Gasteiger partial charge on any atom is 0.419 e. The van der Waals surface area contributed by atoms with E-state index in [1.807, 2.05) is 0 Å². The zero-order valence-corrected chi connectivity index (χ0v) is 13.4. The molecule has 24 heavy (non-hydrogen) atoms. The van der Waals surface area contributed by atoms with Crippen LogP contribution in [0.25, 0.3) is 0 Å². The Bertz CT molecular complexity index is 569. The van der Waals surface area contributed by atoms with Crippen LogP contribution in [-0.2, 0) is 6.18 Å². The van der Waals surface area contributed by atoms with Crippen LogP contribution in [0.3, 0.4) is 0 Å². The fourth-order valence-electron chi connectivity index (χ4n) is 3.03. The van der Waals surface area contributed by atoms with Gasteiger partial charge < -0.3 is 20.5 Å². The van der Waals surface area contributed by atoms with Gasteiger partial charge in [0.15, 0.2) is 0 Å². The normalized spacial score (nSPS) is 21.7. The Labute approximate surface area is 139 Å². The van der Waals surface area contributed by atoms with Gasteiger partial charge in [0.1, 0.15) is 5.75 Å². The van der Waals surface area contributed by atoms with E-state index in [-0.39, 0.29) is 17.4 Å². The first-order valence-corrected chi connectivity index (χ1v) is 8.38. The minimum Gasteiger partial charge on any atom is -0.490 e. The van der Waals surface area contributed by atoms with Gasteiger partial charge in [0.25, 0.3) is 0 Å². The molecule has 1 aliphatic heterocycles. The maximum absolute atomic E-state index is 13.3. The molecule has 2 fully saturated rings. The summed E-state index contributed by atoms with van der Waals surface area (Å²) < 4.78 is 45.2. The first-order chi connectivity index (χ1) is 11.3. The molecular formula is C17H23F3N2O2. The number of alkyl halides is 3. The molecule has 7 heteroatoms. The van der Waals surface area contributed by atoms with E-state index in [0.29, 0.717) is 6.54 Å². The van der Waals surface area contributed by atoms with Crippen LogP contribution in [0, 0.1) is 0 Å². The number of aliphatic hydroxyl groups is 1. The van der Waals surface area contributed by atoms with Crippen molar-refractivity contribution in [1.82, 2.24) is 4.90 Å². The van der Waals surface area contributed by atoms with Crippen molar-refractivity contribution >= 4 is 0 Å². The van der Waals surface area contributed by atoms with Crippen molar-refractivity contribution in [2.75, 3.05) is 19.6 Å². The third-order valence-electron chi connectivity index (χ3n) is 4.54. The fraction of sp³-hybridized carbons (Fsp3) is 0.647. The predicted molar refractivity (Wildman–Crippen MR) is 83.7 cm³/mol. The molecule has 0 amide bonds. The third kappa shape index (κ3) is 4.20. The van der Waals surface area contributed by atoms with Gasteiger partial charge in [-0.3, -0.25) is 0 Å². The topological polar surface area (TPSA) is 58.7 Å². The Balaban J connectivity index is 1.76. The molecule has 0 radical (unpaired) electrons. The number of likely N-dealkylation sites (tertiary alicyclic amines) is 1. The minimum absolute atomic E-state index is 0.126. The highest BCUT2D eigenvalue weighted by Gasteiger charge is 2.37. The van der Waals surface area contributed by atoms with Gasteiger partial charge in [0.2, 0.25) is 0 Å². The van der Waals surface area contributed by atoms with E-state index in [0.717, 1.165) is 44.8 Å².